The maximum Gasteiger partial charge on any atom is 0.256 e. The van der Waals surface area contributed by atoms with E-state index in [0.717, 1.165) is 35.5 Å². The maximum atomic E-state index is 12.7. The fraction of sp³-hybridized carbons (Fsp3) is 0.280. The molecule has 2 aromatic carbocycles. The first-order valence-electron chi connectivity index (χ1n) is 10.4. The van der Waals surface area contributed by atoms with Crippen LogP contribution < -0.4 is 5.32 Å². The third-order valence-electron chi connectivity index (χ3n) is 5.99. The van der Waals surface area contributed by atoms with Crippen molar-refractivity contribution in [3.05, 3.63) is 81.6 Å². The van der Waals surface area contributed by atoms with Crippen LogP contribution in [0.1, 0.15) is 45.7 Å². The van der Waals surface area contributed by atoms with Crippen LogP contribution in [0.3, 0.4) is 0 Å². The Kier molecular flexibility index (Phi) is 4.75. The van der Waals surface area contributed by atoms with Crippen molar-refractivity contribution in [1.82, 2.24) is 9.88 Å². The third-order valence-corrected chi connectivity index (χ3v) is 6.29. The number of aryl methyl sites for hydroxylation is 2. The number of nitrogens with zero attached hydrogens (tertiary/aromatic N) is 2. The molecule has 4 nitrogen and oxygen atoms in total. The van der Waals surface area contributed by atoms with Crippen LogP contribution in [0.4, 0.5) is 5.69 Å². The van der Waals surface area contributed by atoms with Gasteiger partial charge in [-0.05, 0) is 61.6 Å². The monoisotopic (exact) mass is 417 g/mol. The molecule has 0 saturated heterocycles. The first-order chi connectivity index (χ1) is 14.5. The highest BCUT2D eigenvalue weighted by Gasteiger charge is 2.39. The van der Waals surface area contributed by atoms with Gasteiger partial charge in [-0.15, -0.1) is 0 Å². The first-order valence-corrected chi connectivity index (χ1v) is 10.8. The van der Waals surface area contributed by atoms with Crippen molar-refractivity contribution in [3.8, 4) is 11.1 Å². The van der Waals surface area contributed by atoms with Crippen LogP contribution in [0.2, 0.25) is 5.02 Å². The normalized spacial score (nSPS) is 15.4. The number of nitrogens with one attached hydrogen (secondary N) is 1. The SMILES string of the molecule is Cc1cc(-c2ccccc2)c(CNc2cc(Cl)c3c(c2)CN(C2CC2)C3=O)c(C)n1. The summed E-state index contributed by atoms with van der Waals surface area (Å²) in [6.45, 7) is 5.38. The van der Waals surface area contributed by atoms with Crippen LogP contribution in [0.15, 0.2) is 48.5 Å². The van der Waals surface area contributed by atoms with E-state index < -0.39 is 0 Å². The van der Waals surface area contributed by atoms with Gasteiger partial charge in [0.15, 0.2) is 0 Å². The molecule has 1 aliphatic heterocycles. The van der Waals surface area contributed by atoms with E-state index in [1.54, 1.807) is 0 Å². The lowest BCUT2D eigenvalue weighted by Gasteiger charge is -2.16. The number of carbonyl (C=O) groups excluding carboxylic acids is 1. The number of carbonyl (C=O) groups is 1. The molecule has 2 heterocycles. The number of anilines is 1. The average molecular weight is 418 g/mol. The Morgan fingerprint density at radius 3 is 2.63 bits per heavy atom. The highest BCUT2D eigenvalue weighted by atomic mass is 35.5. The Morgan fingerprint density at radius 2 is 1.90 bits per heavy atom. The van der Waals surface area contributed by atoms with E-state index in [2.05, 4.69) is 53.6 Å². The molecule has 152 valence electrons. The molecule has 0 bridgehead atoms. The molecule has 0 radical (unpaired) electrons. The second-order valence-electron chi connectivity index (χ2n) is 8.25. The van der Waals surface area contributed by atoms with Crippen LogP contribution in [0.5, 0.6) is 0 Å². The fourth-order valence-corrected chi connectivity index (χ4v) is 4.67. The quantitative estimate of drug-likeness (QED) is 0.574. The van der Waals surface area contributed by atoms with E-state index in [9.17, 15) is 4.79 Å². The molecule has 1 aromatic heterocycles. The Bertz CT molecular complexity index is 1140. The molecule has 2 aliphatic rings. The van der Waals surface area contributed by atoms with Crippen LogP contribution >= 0.6 is 11.6 Å². The number of pyridine rings is 1. The average Bonchev–Trinajstić information content (AvgIpc) is 3.51. The van der Waals surface area contributed by atoms with E-state index in [1.165, 1.54) is 16.7 Å². The van der Waals surface area contributed by atoms with E-state index >= 15 is 0 Å². The molecule has 0 atom stereocenters. The van der Waals surface area contributed by atoms with Crippen molar-refractivity contribution in [1.29, 1.82) is 0 Å². The Balaban J connectivity index is 1.43. The van der Waals surface area contributed by atoms with E-state index in [4.69, 9.17) is 11.6 Å². The molecular formula is C25H24ClN3O. The lowest BCUT2D eigenvalue weighted by atomic mass is 9.98. The predicted molar refractivity (Wildman–Crippen MR) is 121 cm³/mol. The molecule has 5 rings (SSSR count). The Hall–Kier alpha value is -2.85. The van der Waals surface area contributed by atoms with Gasteiger partial charge < -0.3 is 10.2 Å². The standard InChI is InChI=1S/C25H24ClN3O/c1-15-10-21(17-6-4-3-5-7-17)22(16(2)28-15)13-27-19-11-18-14-29(20-8-9-20)25(30)24(18)23(26)12-19/h3-7,10-12,20,27H,8-9,13-14H2,1-2H3. The molecule has 3 aromatic rings. The molecule has 1 fully saturated rings. The summed E-state index contributed by atoms with van der Waals surface area (Å²) in [4.78, 5) is 19.3. The second kappa shape index (κ2) is 7.44. The number of rotatable bonds is 5. The molecule has 5 heteroatoms. The van der Waals surface area contributed by atoms with Gasteiger partial charge in [-0.1, -0.05) is 41.9 Å². The molecule has 1 N–H and O–H groups in total. The number of fused-ring (bicyclic) bond motifs is 1. The number of amides is 1. The third kappa shape index (κ3) is 3.46. The summed E-state index contributed by atoms with van der Waals surface area (Å²) in [5.41, 5.74) is 8.19. The summed E-state index contributed by atoms with van der Waals surface area (Å²) in [6.07, 6.45) is 2.20. The highest BCUT2D eigenvalue weighted by molar-refractivity contribution is 6.34. The number of halogens is 1. The number of aromatic nitrogens is 1. The summed E-state index contributed by atoms with van der Waals surface area (Å²) in [7, 11) is 0. The van der Waals surface area contributed by atoms with Crippen LogP contribution in [-0.2, 0) is 13.1 Å². The van der Waals surface area contributed by atoms with Crippen LogP contribution in [-0.4, -0.2) is 21.8 Å². The number of benzene rings is 2. The maximum absolute atomic E-state index is 12.7. The number of hydrogen-bond donors (Lipinski definition) is 1. The highest BCUT2D eigenvalue weighted by Crippen LogP contribution is 2.39. The van der Waals surface area contributed by atoms with E-state index in [-0.39, 0.29) is 5.91 Å². The minimum absolute atomic E-state index is 0.0778. The van der Waals surface area contributed by atoms with Crippen molar-refractivity contribution in [2.45, 2.75) is 45.8 Å². The van der Waals surface area contributed by atoms with Gasteiger partial charge in [0.25, 0.3) is 5.91 Å². The van der Waals surface area contributed by atoms with Gasteiger partial charge in [-0.2, -0.15) is 0 Å². The summed E-state index contributed by atoms with van der Waals surface area (Å²) in [6, 6.07) is 16.9. The molecule has 1 amide bonds. The minimum atomic E-state index is 0.0778. The molecule has 1 saturated carbocycles. The molecular weight excluding hydrogens is 394 g/mol. The predicted octanol–water partition coefficient (Wildman–Crippen LogP) is 5.75. The van der Waals surface area contributed by atoms with Gasteiger partial charge in [0.1, 0.15) is 0 Å². The Morgan fingerprint density at radius 1 is 1.13 bits per heavy atom. The van der Waals surface area contributed by atoms with Gasteiger partial charge in [-0.3, -0.25) is 9.78 Å². The first kappa shape index (κ1) is 19.1. The van der Waals surface area contributed by atoms with Crippen molar-refractivity contribution in [3.63, 3.8) is 0 Å². The topological polar surface area (TPSA) is 45.2 Å². The molecule has 30 heavy (non-hydrogen) atoms. The molecule has 0 spiro atoms. The summed E-state index contributed by atoms with van der Waals surface area (Å²) >= 11 is 6.52. The molecule has 1 aliphatic carbocycles. The zero-order valence-electron chi connectivity index (χ0n) is 17.2. The van der Waals surface area contributed by atoms with Gasteiger partial charge in [-0.25, -0.2) is 0 Å². The van der Waals surface area contributed by atoms with Crippen LogP contribution in [0, 0.1) is 13.8 Å². The zero-order valence-corrected chi connectivity index (χ0v) is 18.0. The van der Waals surface area contributed by atoms with Crippen molar-refractivity contribution >= 4 is 23.2 Å². The number of hydrogen-bond acceptors (Lipinski definition) is 3. The Labute approximate surface area is 181 Å². The van der Waals surface area contributed by atoms with Gasteiger partial charge in [0, 0.05) is 41.8 Å². The van der Waals surface area contributed by atoms with Crippen LogP contribution in [0.25, 0.3) is 11.1 Å². The lowest BCUT2D eigenvalue weighted by Crippen LogP contribution is -2.25. The van der Waals surface area contributed by atoms with E-state index in [1.807, 2.05) is 24.0 Å². The zero-order chi connectivity index (χ0) is 20.8. The summed E-state index contributed by atoms with van der Waals surface area (Å²) < 4.78 is 0. The van der Waals surface area contributed by atoms with Crippen molar-refractivity contribution in [2.24, 2.45) is 0 Å². The van der Waals surface area contributed by atoms with Gasteiger partial charge in [0.2, 0.25) is 0 Å². The molecule has 0 unspecified atom stereocenters. The largest absolute Gasteiger partial charge is 0.381 e. The smallest absolute Gasteiger partial charge is 0.256 e. The fourth-order valence-electron chi connectivity index (χ4n) is 4.35. The minimum Gasteiger partial charge on any atom is -0.381 e. The van der Waals surface area contributed by atoms with Gasteiger partial charge >= 0.3 is 0 Å². The lowest BCUT2D eigenvalue weighted by molar-refractivity contribution is 0.0767. The van der Waals surface area contributed by atoms with Crippen molar-refractivity contribution < 1.29 is 4.79 Å². The van der Waals surface area contributed by atoms with Crippen molar-refractivity contribution in [2.75, 3.05) is 5.32 Å². The summed E-state index contributed by atoms with van der Waals surface area (Å²) in [5, 5.41) is 4.05. The van der Waals surface area contributed by atoms with Gasteiger partial charge in [0.05, 0.1) is 10.6 Å². The summed E-state index contributed by atoms with van der Waals surface area (Å²) in [5.74, 6) is 0.0778. The second-order valence-corrected chi connectivity index (χ2v) is 8.66. The van der Waals surface area contributed by atoms with E-state index in [0.29, 0.717) is 29.7 Å².